The molecule has 68 valence electrons. The van der Waals surface area contributed by atoms with Crippen LogP contribution >= 0.6 is 0 Å². The van der Waals surface area contributed by atoms with Gasteiger partial charge in [0.1, 0.15) is 5.75 Å². The average molecular weight is 174 g/mol. The quantitative estimate of drug-likeness (QED) is 0.637. The molecular weight excluding hydrogens is 160 g/mol. The first-order chi connectivity index (χ1) is 6.31. The summed E-state index contributed by atoms with van der Waals surface area (Å²) in [7, 11) is 1.67. The maximum atomic E-state index is 5.22. The first kappa shape index (κ1) is 9.59. The van der Waals surface area contributed by atoms with Crippen molar-refractivity contribution in [1.29, 1.82) is 0 Å². The van der Waals surface area contributed by atoms with E-state index < -0.39 is 0 Å². The van der Waals surface area contributed by atoms with E-state index >= 15 is 0 Å². The molecule has 0 aliphatic rings. The third-order valence-electron chi connectivity index (χ3n) is 1.90. The molecule has 0 aliphatic heterocycles. The van der Waals surface area contributed by atoms with Crippen molar-refractivity contribution in [2.75, 3.05) is 7.11 Å². The lowest BCUT2D eigenvalue weighted by molar-refractivity contribution is 0.413. The highest BCUT2D eigenvalue weighted by molar-refractivity contribution is 5.56. The van der Waals surface area contributed by atoms with Gasteiger partial charge in [0.2, 0.25) is 0 Å². The maximum Gasteiger partial charge on any atom is 0.126 e. The average Bonchev–Trinajstić information content (AvgIpc) is 2.18. The van der Waals surface area contributed by atoms with Crippen molar-refractivity contribution >= 4 is 6.08 Å². The lowest BCUT2D eigenvalue weighted by atomic mass is 10.1. The molecule has 1 rings (SSSR count). The van der Waals surface area contributed by atoms with Crippen LogP contribution in [0.4, 0.5) is 0 Å². The van der Waals surface area contributed by atoms with Crippen LogP contribution in [-0.4, -0.2) is 7.11 Å². The Hall–Kier alpha value is -1.50. The Bertz CT molecular complexity index is 313. The zero-order valence-corrected chi connectivity index (χ0v) is 7.92. The molecule has 1 nitrogen and oxygen atoms in total. The zero-order chi connectivity index (χ0) is 9.68. The molecule has 0 bridgehead atoms. The molecule has 0 amide bonds. The van der Waals surface area contributed by atoms with Crippen LogP contribution in [-0.2, 0) is 6.42 Å². The van der Waals surface area contributed by atoms with E-state index in [4.69, 9.17) is 4.74 Å². The highest BCUT2D eigenvalue weighted by atomic mass is 16.5. The van der Waals surface area contributed by atoms with Crippen molar-refractivity contribution < 1.29 is 4.74 Å². The van der Waals surface area contributed by atoms with E-state index in [-0.39, 0.29) is 0 Å². The lowest BCUT2D eigenvalue weighted by Gasteiger charge is -2.06. The van der Waals surface area contributed by atoms with E-state index in [1.54, 1.807) is 13.2 Å². The van der Waals surface area contributed by atoms with Gasteiger partial charge in [-0.15, -0.1) is 6.58 Å². The smallest absolute Gasteiger partial charge is 0.126 e. The van der Waals surface area contributed by atoms with E-state index in [9.17, 15) is 0 Å². The molecule has 1 heteroatoms. The molecule has 0 heterocycles. The summed E-state index contributed by atoms with van der Waals surface area (Å²) in [4.78, 5) is 0. The van der Waals surface area contributed by atoms with Gasteiger partial charge in [-0.3, -0.25) is 0 Å². The molecule has 0 aromatic heterocycles. The van der Waals surface area contributed by atoms with Gasteiger partial charge in [-0.1, -0.05) is 30.9 Å². The maximum absolute atomic E-state index is 5.22. The standard InChI is InChI=1S/C12H14O/c1-4-6-10-7-8-11(5-2)12(9-10)13-3/h4-5,7-9H,1-2,6H2,3H3. The van der Waals surface area contributed by atoms with Gasteiger partial charge in [-0.2, -0.15) is 0 Å². The lowest BCUT2D eigenvalue weighted by Crippen LogP contribution is -1.89. The molecule has 0 spiro atoms. The Morgan fingerprint density at radius 2 is 2.15 bits per heavy atom. The summed E-state index contributed by atoms with van der Waals surface area (Å²) >= 11 is 0. The fraction of sp³-hybridized carbons (Fsp3) is 0.167. The van der Waals surface area contributed by atoms with Gasteiger partial charge in [0.15, 0.2) is 0 Å². The molecule has 0 fully saturated rings. The number of benzene rings is 1. The van der Waals surface area contributed by atoms with Crippen LogP contribution < -0.4 is 4.74 Å². The van der Waals surface area contributed by atoms with E-state index in [0.29, 0.717) is 0 Å². The summed E-state index contributed by atoms with van der Waals surface area (Å²) in [5.74, 6) is 0.870. The summed E-state index contributed by atoms with van der Waals surface area (Å²) in [6, 6.07) is 6.07. The molecule has 1 aromatic carbocycles. The van der Waals surface area contributed by atoms with Crippen molar-refractivity contribution in [3.63, 3.8) is 0 Å². The highest BCUT2D eigenvalue weighted by Gasteiger charge is 1.99. The number of rotatable bonds is 4. The molecular formula is C12H14O. The van der Waals surface area contributed by atoms with E-state index in [1.165, 1.54) is 5.56 Å². The normalized spacial score (nSPS) is 9.31. The third kappa shape index (κ3) is 2.22. The van der Waals surface area contributed by atoms with Crippen molar-refractivity contribution in [3.05, 3.63) is 48.6 Å². The van der Waals surface area contributed by atoms with E-state index in [1.807, 2.05) is 18.2 Å². The Kier molecular flexibility index (Phi) is 3.32. The molecule has 0 aliphatic carbocycles. The topological polar surface area (TPSA) is 9.23 Å². The summed E-state index contributed by atoms with van der Waals surface area (Å²) < 4.78 is 5.22. The zero-order valence-electron chi connectivity index (χ0n) is 7.92. The van der Waals surface area contributed by atoms with Crippen LogP contribution in [0.15, 0.2) is 37.4 Å². The molecule has 0 saturated carbocycles. The molecule has 1 aromatic rings. The van der Waals surface area contributed by atoms with E-state index in [0.717, 1.165) is 17.7 Å². The van der Waals surface area contributed by atoms with Gasteiger partial charge in [0.05, 0.1) is 7.11 Å². The number of hydrogen-bond acceptors (Lipinski definition) is 1. The minimum absolute atomic E-state index is 0.869. The van der Waals surface area contributed by atoms with Gasteiger partial charge < -0.3 is 4.74 Å². The van der Waals surface area contributed by atoms with Gasteiger partial charge in [0, 0.05) is 5.56 Å². The summed E-state index contributed by atoms with van der Waals surface area (Å²) in [5.41, 5.74) is 2.23. The molecule has 0 radical (unpaired) electrons. The summed E-state index contributed by atoms with van der Waals surface area (Å²) in [5, 5.41) is 0. The molecule has 13 heavy (non-hydrogen) atoms. The largest absolute Gasteiger partial charge is 0.496 e. The van der Waals surface area contributed by atoms with Gasteiger partial charge in [-0.25, -0.2) is 0 Å². The number of methoxy groups -OCH3 is 1. The van der Waals surface area contributed by atoms with Crippen LogP contribution in [0.3, 0.4) is 0 Å². The molecule has 0 N–H and O–H groups in total. The van der Waals surface area contributed by atoms with Gasteiger partial charge in [0.25, 0.3) is 0 Å². The minimum atomic E-state index is 0.869. The molecule has 0 unspecified atom stereocenters. The second-order valence-corrected chi connectivity index (χ2v) is 2.77. The fourth-order valence-corrected chi connectivity index (χ4v) is 1.22. The minimum Gasteiger partial charge on any atom is -0.496 e. The number of hydrogen-bond donors (Lipinski definition) is 0. The Morgan fingerprint density at radius 1 is 1.38 bits per heavy atom. The fourth-order valence-electron chi connectivity index (χ4n) is 1.22. The summed E-state index contributed by atoms with van der Waals surface area (Å²) in [6.45, 7) is 7.41. The highest BCUT2D eigenvalue weighted by Crippen LogP contribution is 2.21. The van der Waals surface area contributed by atoms with Crippen molar-refractivity contribution in [3.8, 4) is 5.75 Å². The summed E-state index contributed by atoms with van der Waals surface area (Å²) in [6.07, 6.45) is 4.53. The van der Waals surface area contributed by atoms with Crippen LogP contribution in [0.2, 0.25) is 0 Å². The second-order valence-electron chi connectivity index (χ2n) is 2.77. The van der Waals surface area contributed by atoms with Gasteiger partial charge in [-0.05, 0) is 18.1 Å². The molecule has 0 atom stereocenters. The number of ether oxygens (including phenoxy) is 1. The van der Waals surface area contributed by atoms with Crippen molar-refractivity contribution in [2.45, 2.75) is 6.42 Å². The predicted octanol–water partition coefficient (Wildman–Crippen LogP) is 3.07. The number of allylic oxidation sites excluding steroid dienone is 1. The van der Waals surface area contributed by atoms with Crippen LogP contribution in [0, 0.1) is 0 Å². The Labute approximate surface area is 79.4 Å². The first-order valence-corrected chi connectivity index (χ1v) is 4.22. The van der Waals surface area contributed by atoms with E-state index in [2.05, 4.69) is 19.2 Å². The SMILES string of the molecule is C=CCc1ccc(C=C)c(OC)c1. The Balaban J connectivity index is 3.04. The monoisotopic (exact) mass is 174 g/mol. The molecule has 0 saturated heterocycles. The van der Waals surface area contributed by atoms with Crippen molar-refractivity contribution in [2.24, 2.45) is 0 Å². The van der Waals surface area contributed by atoms with Crippen LogP contribution in [0.5, 0.6) is 5.75 Å². The van der Waals surface area contributed by atoms with Crippen LogP contribution in [0.1, 0.15) is 11.1 Å². The van der Waals surface area contributed by atoms with Crippen molar-refractivity contribution in [1.82, 2.24) is 0 Å². The third-order valence-corrected chi connectivity index (χ3v) is 1.90. The van der Waals surface area contributed by atoms with Crippen LogP contribution in [0.25, 0.3) is 6.08 Å². The Morgan fingerprint density at radius 3 is 2.69 bits per heavy atom. The predicted molar refractivity (Wildman–Crippen MR) is 57.0 cm³/mol. The van der Waals surface area contributed by atoms with Gasteiger partial charge >= 0.3 is 0 Å². The first-order valence-electron chi connectivity index (χ1n) is 4.22. The second kappa shape index (κ2) is 4.51.